The van der Waals surface area contributed by atoms with E-state index < -0.39 is 10.0 Å². The van der Waals surface area contributed by atoms with E-state index in [-0.39, 0.29) is 10.9 Å². The van der Waals surface area contributed by atoms with Crippen LogP contribution in [0, 0.1) is 0 Å². The first-order valence-corrected chi connectivity index (χ1v) is 10.1. The lowest BCUT2D eigenvalue weighted by Gasteiger charge is -2.28. The summed E-state index contributed by atoms with van der Waals surface area (Å²) in [6.07, 6.45) is 7.70. The summed E-state index contributed by atoms with van der Waals surface area (Å²) in [7, 11) is -3.47. The molecule has 0 aliphatic heterocycles. The summed E-state index contributed by atoms with van der Waals surface area (Å²) in [6.45, 7) is 2.66. The average molecular weight is 329 g/mol. The Morgan fingerprint density at radius 3 is 2.95 bits per heavy atom. The molecular formula is C14H23N3O2S2. The lowest BCUT2D eigenvalue weighted by atomic mass is 9.96. The summed E-state index contributed by atoms with van der Waals surface area (Å²) in [5, 5.41) is 3.59. The summed E-state index contributed by atoms with van der Waals surface area (Å²) in [5.41, 5.74) is 0. The number of sulfonamides is 1. The minimum atomic E-state index is -3.47. The lowest BCUT2D eigenvalue weighted by Crippen LogP contribution is -2.39. The minimum Gasteiger partial charge on any atom is -0.370 e. The zero-order valence-electron chi connectivity index (χ0n) is 12.5. The van der Waals surface area contributed by atoms with Crippen molar-refractivity contribution in [3.8, 4) is 0 Å². The van der Waals surface area contributed by atoms with Gasteiger partial charge in [-0.25, -0.2) is 18.1 Å². The highest BCUT2D eigenvalue weighted by Crippen LogP contribution is 2.28. The van der Waals surface area contributed by atoms with Gasteiger partial charge in [-0.1, -0.05) is 6.42 Å². The van der Waals surface area contributed by atoms with E-state index in [9.17, 15) is 8.42 Å². The SMILES string of the molecule is CCNc1cc(S(=O)(=O)NC2CCCC(SC)C2)ccn1. The van der Waals surface area contributed by atoms with Crippen LogP contribution in [0.2, 0.25) is 0 Å². The highest BCUT2D eigenvalue weighted by Gasteiger charge is 2.26. The van der Waals surface area contributed by atoms with Crippen LogP contribution >= 0.6 is 11.8 Å². The molecule has 5 nitrogen and oxygen atoms in total. The van der Waals surface area contributed by atoms with Crippen LogP contribution in [0.5, 0.6) is 0 Å². The Bertz CT molecular complexity index is 563. The minimum absolute atomic E-state index is 0.0388. The number of rotatable bonds is 6. The standard InChI is InChI=1S/C14H23N3O2S2/c1-3-15-14-10-13(7-8-16-14)21(18,19)17-11-5-4-6-12(9-11)20-2/h7-8,10-12,17H,3-6,9H2,1-2H3,(H,15,16). The van der Waals surface area contributed by atoms with Crippen LogP contribution in [-0.4, -0.2) is 37.5 Å². The number of anilines is 1. The van der Waals surface area contributed by atoms with E-state index in [0.717, 1.165) is 19.3 Å². The first kappa shape index (κ1) is 16.6. The van der Waals surface area contributed by atoms with Gasteiger partial charge < -0.3 is 5.32 Å². The van der Waals surface area contributed by atoms with E-state index in [2.05, 4.69) is 21.3 Å². The fourth-order valence-corrected chi connectivity index (χ4v) is 4.73. The lowest BCUT2D eigenvalue weighted by molar-refractivity contribution is 0.421. The molecule has 1 aromatic heterocycles. The smallest absolute Gasteiger partial charge is 0.241 e. The third-order valence-electron chi connectivity index (χ3n) is 3.68. The van der Waals surface area contributed by atoms with Crippen molar-refractivity contribution in [1.82, 2.24) is 9.71 Å². The van der Waals surface area contributed by atoms with Gasteiger partial charge in [0.2, 0.25) is 10.0 Å². The van der Waals surface area contributed by atoms with Crippen molar-refractivity contribution in [1.29, 1.82) is 0 Å². The summed E-state index contributed by atoms with van der Waals surface area (Å²) < 4.78 is 27.8. The molecule has 1 fully saturated rings. The van der Waals surface area contributed by atoms with Gasteiger partial charge in [-0.15, -0.1) is 0 Å². The molecular weight excluding hydrogens is 306 g/mol. The number of hydrogen-bond donors (Lipinski definition) is 2. The van der Waals surface area contributed by atoms with Gasteiger partial charge in [0.05, 0.1) is 4.90 Å². The van der Waals surface area contributed by atoms with Crippen LogP contribution < -0.4 is 10.0 Å². The average Bonchev–Trinajstić information content (AvgIpc) is 2.48. The van der Waals surface area contributed by atoms with E-state index in [0.29, 0.717) is 17.6 Å². The Balaban J connectivity index is 2.09. The topological polar surface area (TPSA) is 71.1 Å². The molecule has 0 radical (unpaired) electrons. The second-order valence-corrected chi connectivity index (χ2v) is 8.10. The quantitative estimate of drug-likeness (QED) is 0.839. The predicted octanol–water partition coefficient (Wildman–Crippen LogP) is 2.47. The molecule has 1 aliphatic rings. The van der Waals surface area contributed by atoms with Gasteiger partial charge in [-0.05, 0) is 38.5 Å². The number of pyridine rings is 1. The summed E-state index contributed by atoms with van der Waals surface area (Å²) in [4.78, 5) is 4.39. The molecule has 1 aromatic rings. The molecule has 21 heavy (non-hydrogen) atoms. The number of thioether (sulfide) groups is 1. The predicted molar refractivity (Wildman–Crippen MR) is 88.3 cm³/mol. The zero-order chi connectivity index (χ0) is 15.3. The maximum Gasteiger partial charge on any atom is 0.241 e. The first-order valence-electron chi connectivity index (χ1n) is 7.30. The van der Waals surface area contributed by atoms with Crippen LogP contribution in [-0.2, 0) is 10.0 Å². The van der Waals surface area contributed by atoms with Gasteiger partial charge in [0, 0.05) is 30.1 Å². The summed E-state index contributed by atoms with van der Waals surface area (Å²) >= 11 is 1.83. The number of nitrogens with one attached hydrogen (secondary N) is 2. The third kappa shape index (κ3) is 4.59. The van der Waals surface area contributed by atoms with E-state index in [1.807, 2.05) is 18.7 Å². The molecule has 2 unspecified atom stereocenters. The zero-order valence-corrected chi connectivity index (χ0v) is 14.1. The van der Waals surface area contributed by atoms with Crippen molar-refractivity contribution in [3.05, 3.63) is 18.3 Å². The molecule has 2 N–H and O–H groups in total. The fourth-order valence-electron chi connectivity index (χ4n) is 2.61. The van der Waals surface area contributed by atoms with E-state index in [1.165, 1.54) is 18.7 Å². The number of aromatic nitrogens is 1. The largest absolute Gasteiger partial charge is 0.370 e. The molecule has 0 spiro atoms. The summed E-state index contributed by atoms with van der Waals surface area (Å²) in [6, 6.07) is 3.16. The molecule has 0 saturated heterocycles. The van der Waals surface area contributed by atoms with Crippen LogP contribution in [0.3, 0.4) is 0 Å². The Morgan fingerprint density at radius 2 is 2.24 bits per heavy atom. The molecule has 0 aromatic carbocycles. The maximum absolute atomic E-state index is 12.5. The highest BCUT2D eigenvalue weighted by atomic mass is 32.2. The van der Waals surface area contributed by atoms with Crippen LogP contribution in [0.15, 0.2) is 23.2 Å². The Hall–Kier alpha value is -0.790. The fraction of sp³-hybridized carbons (Fsp3) is 0.643. The molecule has 2 rings (SSSR count). The Morgan fingerprint density at radius 1 is 1.43 bits per heavy atom. The Kier molecular flexibility index (Phi) is 5.89. The first-order chi connectivity index (χ1) is 10.0. The molecule has 1 heterocycles. The van der Waals surface area contributed by atoms with E-state index in [4.69, 9.17) is 0 Å². The van der Waals surface area contributed by atoms with Crippen LogP contribution in [0.4, 0.5) is 5.82 Å². The maximum atomic E-state index is 12.5. The van der Waals surface area contributed by atoms with Gasteiger partial charge in [0.15, 0.2) is 0 Å². The molecule has 1 saturated carbocycles. The molecule has 0 bridgehead atoms. The van der Waals surface area contributed by atoms with Crippen LogP contribution in [0.1, 0.15) is 32.6 Å². The third-order valence-corrected chi connectivity index (χ3v) is 6.29. The number of nitrogens with zero attached hydrogens (tertiary/aromatic N) is 1. The molecule has 7 heteroatoms. The van der Waals surface area contributed by atoms with E-state index >= 15 is 0 Å². The van der Waals surface area contributed by atoms with Crippen molar-refractivity contribution >= 4 is 27.6 Å². The van der Waals surface area contributed by atoms with Crippen LogP contribution in [0.25, 0.3) is 0 Å². The summed E-state index contributed by atoms with van der Waals surface area (Å²) in [5.74, 6) is 0.589. The van der Waals surface area contributed by atoms with Gasteiger partial charge in [-0.2, -0.15) is 11.8 Å². The second-order valence-electron chi connectivity index (χ2n) is 5.25. The molecule has 0 amide bonds. The molecule has 2 atom stereocenters. The van der Waals surface area contributed by atoms with Gasteiger partial charge in [0.1, 0.15) is 5.82 Å². The molecule has 1 aliphatic carbocycles. The van der Waals surface area contributed by atoms with E-state index in [1.54, 1.807) is 6.07 Å². The van der Waals surface area contributed by atoms with Crippen molar-refractivity contribution < 1.29 is 8.42 Å². The van der Waals surface area contributed by atoms with Gasteiger partial charge in [0.25, 0.3) is 0 Å². The van der Waals surface area contributed by atoms with Crippen molar-refractivity contribution in [2.24, 2.45) is 0 Å². The number of hydrogen-bond acceptors (Lipinski definition) is 5. The second kappa shape index (κ2) is 7.47. The van der Waals surface area contributed by atoms with Crippen molar-refractivity contribution in [2.45, 2.75) is 48.8 Å². The monoisotopic (exact) mass is 329 g/mol. The molecule has 118 valence electrons. The normalized spacial score (nSPS) is 23.0. The van der Waals surface area contributed by atoms with Gasteiger partial charge >= 0.3 is 0 Å². The van der Waals surface area contributed by atoms with Gasteiger partial charge in [-0.3, -0.25) is 0 Å². The Labute approximate surface area is 131 Å². The highest BCUT2D eigenvalue weighted by molar-refractivity contribution is 7.99. The van der Waals surface area contributed by atoms with Crippen molar-refractivity contribution in [2.75, 3.05) is 18.1 Å². The van der Waals surface area contributed by atoms with Crippen molar-refractivity contribution in [3.63, 3.8) is 0 Å².